The summed E-state index contributed by atoms with van der Waals surface area (Å²) in [6.07, 6.45) is 35.5. The number of hydrogen-bond acceptors (Lipinski definition) is 18. The van der Waals surface area contributed by atoms with E-state index in [1.54, 1.807) is 6.08 Å². The third kappa shape index (κ3) is 34.6. The normalized spacial score (nSPS) is 28.2. The molecule has 19 heteroatoms. The maximum Gasteiger partial charge on any atom is 0.220 e. The van der Waals surface area contributed by atoms with Crippen LogP contribution in [0, 0.1) is 0 Å². The molecule has 0 saturated carbocycles. The van der Waals surface area contributed by atoms with E-state index in [0.717, 1.165) is 51.4 Å². The molecule has 1 amide bonds. The summed E-state index contributed by atoms with van der Waals surface area (Å²) in [5.41, 5.74) is 0. The van der Waals surface area contributed by atoms with Crippen LogP contribution >= 0.6 is 0 Å². The number of unbranched alkanes of at least 4 members (excludes halogenated alkanes) is 36. The van der Waals surface area contributed by atoms with Crippen LogP contribution < -0.4 is 5.32 Å². The highest BCUT2D eigenvalue weighted by atomic mass is 16.8. The summed E-state index contributed by atoms with van der Waals surface area (Å²) in [5, 5.41) is 121. The van der Waals surface area contributed by atoms with Crippen LogP contribution in [0.25, 0.3) is 0 Å². The Hall–Kier alpha value is -1.99. The maximum absolute atomic E-state index is 13.4. The molecule has 0 aromatic heterocycles. The SMILES string of the molecule is CCCCCCCC/C=C\CCCCCCCCCCCC(=O)NC(COC1OC(CO)C(OC2OC(CO)C(OC3OC(CO)C(O)C(O)C3O)C(O)C2O)C(O)C1O)C(O)/C=C/CC/C=C/CCCCCCCCCCCCCCCCCCCCCC. The molecule has 3 aliphatic heterocycles. The van der Waals surface area contributed by atoms with Gasteiger partial charge >= 0.3 is 0 Å². The number of amides is 1. The molecule has 0 aromatic carbocycles. The Morgan fingerprint density at radius 1 is 0.389 bits per heavy atom. The molecule has 528 valence electrons. The lowest BCUT2D eigenvalue weighted by atomic mass is 9.96. The highest BCUT2D eigenvalue weighted by Gasteiger charge is 2.53. The number of hydrogen-bond donors (Lipinski definition) is 12. The molecule has 3 heterocycles. The van der Waals surface area contributed by atoms with Gasteiger partial charge in [0.25, 0.3) is 0 Å². The van der Waals surface area contributed by atoms with Gasteiger partial charge in [0.05, 0.1) is 38.6 Å². The van der Waals surface area contributed by atoms with E-state index >= 15 is 0 Å². The molecule has 3 saturated heterocycles. The Kier molecular flexibility index (Phi) is 48.6. The second-order valence-corrected chi connectivity index (χ2v) is 26.0. The third-order valence-corrected chi connectivity index (χ3v) is 18.2. The topological polar surface area (TPSA) is 307 Å². The summed E-state index contributed by atoms with van der Waals surface area (Å²) in [4.78, 5) is 13.4. The van der Waals surface area contributed by atoms with Crippen LogP contribution in [0.4, 0.5) is 0 Å². The fourth-order valence-electron chi connectivity index (χ4n) is 12.3. The number of rotatable bonds is 56. The molecule has 3 rings (SSSR count). The van der Waals surface area contributed by atoms with Crippen LogP contribution in [0.1, 0.15) is 277 Å². The highest BCUT2D eigenvalue weighted by Crippen LogP contribution is 2.33. The summed E-state index contributed by atoms with van der Waals surface area (Å²) in [6, 6.07) is -0.991. The molecule has 0 aliphatic carbocycles. The van der Waals surface area contributed by atoms with E-state index in [1.807, 2.05) is 6.08 Å². The van der Waals surface area contributed by atoms with E-state index in [0.29, 0.717) is 12.8 Å². The highest BCUT2D eigenvalue weighted by molar-refractivity contribution is 5.76. The van der Waals surface area contributed by atoms with Gasteiger partial charge in [0, 0.05) is 6.42 Å². The Labute approximate surface area is 542 Å². The lowest BCUT2D eigenvalue weighted by molar-refractivity contribution is -0.379. The van der Waals surface area contributed by atoms with Crippen LogP contribution in [0.2, 0.25) is 0 Å². The van der Waals surface area contributed by atoms with Crippen LogP contribution in [0.5, 0.6) is 0 Å². The smallest absolute Gasteiger partial charge is 0.220 e. The van der Waals surface area contributed by atoms with Crippen molar-refractivity contribution in [3.63, 3.8) is 0 Å². The van der Waals surface area contributed by atoms with Crippen molar-refractivity contribution < 1.29 is 89.4 Å². The average molecular weight is 1290 g/mol. The molecule has 19 nitrogen and oxygen atoms in total. The van der Waals surface area contributed by atoms with Crippen molar-refractivity contribution in [2.24, 2.45) is 0 Å². The molecule has 3 fully saturated rings. The summed E-state index contributed by atoms with van der Waals surface area (Å²) in [6.45, 7) is 1.74. The number of nitrogens with one attached hydrogen (secondary N) is 1. The first-order valence-electron chi connectivity index (χ1n) is 36.2. The van der Waals surface area contributed by atoms with Crippen molar-refractivity contribution in [1.29, 1.82) is 0 Å². The van der Waals surface area contributed by atoms with Gasteiger partial charge in [-0.3, -0.25) is 4.79 Å². The molecule has 3 aliphatic rings. The first-order chi connectivity index (χ1) is 43.8. The first kappa shape index (κ1) is 82.2. The molecule has 0 radical (unpaired) electrons. The standard InChI is InChI=1S/C71H131NO18/c1-3-5-7-9-11-13-15-17-19-21-23-24-25-26-27-28-29-31-32-34-36-38-40-42-44-46-48-55(76)54(72-59(77)49-47-45-43-41-39-37-35-33-30-22-20-18-16-14-12-10-8-6-4-2)53-85-69-65(83)62(80)67(57(51-74)87-69)90-71-66(84)63(81)68(58(52-75)88-71)89-70-64(82)61(79)60(78)56(50-73)86-70/h18,20,38,40,46,48,54-58,60-71,73-76,78-84H,3-17,19,21-37,39,41-45,47,49-53H2,1-2H3,(H,72,77)/b20-18-,40-38+,48-46+. The molecule has 17 atom stereocenters. The van der Waals surface area contributed by atoms with Gasteiger partial charge in [-0.25, -0.2) is 0 Å². The zero-order chi connectivity index (χ0) is 65.4. The lowest BCUT2D eigenvalue weighted by Crippen LogP contribution is -2.66. The minimum absolute atomic E-state index is 0.234. The largest absolute Gasteiger partial charge is 0.394 e. The van der Waals surface area contributed by atoms with Crippen LogP contribution in [0.3, 0.4) is 0 Å². The predicted octanol–water partition coefficient (Wildman–Crippen LogP) is 10.00. The predicted molar refractivity (Wildman–Crippen MR) is 351 cm³/mol. The van der Waals surface area contributed by atoms with Crippen molar-refractivity contribution in [2.75, 3.05) is 26.4 Å². The Bertz CT molecular complexity index is 1780. The summed E-state index contributed by atoms with van der Waals surface area (Å²) in [5.74, 6) is -0.285. The Morgan fingerprint density at radius 3 is 1.11 bits per heavy atom. The number of carbonyl (C=O) groups excluding carboxylic acids is 1. The zero-order valence-electron chi connectivity index (χ0n) is 55.9. The summed E-state index contributed by atoms with van der Waals surface area (Å²) in [7, 11) is 0. The Balaban J connectivity index is 1.44. The van der Waals surface area contributed by atoms with Crippen molar-refractivity contribution in [3.05, 3.63) is 36.5 Å². The van der Waals surface area contributed by atoms with E-state index < -0.39 is 124 Å². The third-order valence-electron chi connectivity index (χ3n) is 18.2. The van der Waals surface area contributed by atoms with Crippen LogP contribution in [-0.2, 0) is 33.2 Å². The molecule has 0 spiro atoms. The molecule has 0 aromatic rings. The molecular formula is C71H131NO18. The van der Waals surface area contributed by atoms with Crippen molar-refractivity contribution in [3.8, 4) is 0 Å². The van der Waals surface area contributed by atoms with Crippen molar-refractivity contribution in [1.82, 2.24) is 5.32 Å². The minimum Gasteiger partial charge on any atom is -0.394 e. The number of allylic oxidation sites excluding steroid dienone is 5. The minimum atomic E-state index is -1.98. The fourth-order valence-corrected chi connectivity index (χ4v) is 12.3. The van der Waals surface area contributed by atoms with Crippen molar-refractivity contribution in [2.45, 2.75) is 381 Å². The van der Waals surface area contributed by atoms with Crippen LogP contribution in [-0.4, -0.2) is 193 Å². The van der Waals surface area contributed by atoms with Gasteiger partial charge in [-0.15, -0.1) is 0 Å². The first-order valence-corrected chi connectivity index (χ1v) is 36.2. The van der Waals surface area contributed by atoms with Gasteiger partial charge in [0.15, 0.2) is 18.9 Å². The molecule has 17 unspecified atom stereocenters. The maximum atomic E-state index is 13.4. The van der Waals surface area contributed by atoms with E-state index in [1.165, 1.54) is 193 Å². The van der Waals surface area contributed by atoms with Gasteiger partial charge in [0.2, 0.25) is 5.91 Å². The van der Waals surface area contributed by atoms with E-state index in [9.17, 15) is 61.0 Å². The second-order valence-electron chi connectivity index (χ2n) is 26.0. The van der Waals surface area contributed by atoms with Gasteiger partial charge in [0.1, 0.15) is 73.2 Å². The zero-order valence-corrected chi connectivity index (χ0v) is 55.9. The quantitative estimate of drug-likeness (QED) is 0.0199. The Morgan fingerprint density at radius 2 is 0.711 bits per heavy atom. The van der Waals surface area contributed by atoms with E-state index in [2.05, 4.69) is 43.5 Å². The number of carbonyl (C=O) groups is 1. The van der Waals surface area contributed by atoms with Crippen LogP contribution in [0.15, 0.2) is 36.5 Å². The van der Waals surface area contributed by atoms with Gasteiger partial charge in [-0.2, -0.15) is 0 Å². The van der Waals surface area contributed by atoms with Gasteiger partial charge in [-0.05, 0) is 57.8 Å². The average Bonchev–Trinajstić information content (AvgIpc) is 0.846. The monoisotopic (exact) mass is 1290 g/mol. The van der Waals surface area contributed by atoms with Gasteiger partial charge in [-0.1, -0.05) is 249 Å². The summed E-state index contributed by atoms with van der Waals surface area (Å²) >= 11 is 0. The molecular weight excluding hydrogens is 1150 g/mol. The van der Waals surface area contributed by atoms with E-state index in [-0.39, 0.29) is 18.9 Å². The van der Waals surface area contributed by atoms with Crippen molar-refractivity contribution >= 4 is 5.91 Å². The number of aliphatic hydroxyl groups excluding tert-OH is 11. The fraction of sp³-hybridized carbons (Fsp3) is 0.901. The number of ether oxygens (including phenoxy) is 6. The summed E-state index contributed by atoms with van der Waals surface area (Å²) < 4.78 is 34.4. The molecule has 90 heavy (non-hydrogen) atoms. The molecule has 0 bridgehead atoms. The van der Waals surface area contributed by atoms with E-state index in [4.69, 9.17) is 28.4 Å². The number of aliphatic hydroxyl groups is 11. The second kappa shape index (κ2) is 53.2. The lowest BCUT2D eigenvalue weighted by Gasteiger charge is -2.48. The molecule has 12 N–H and O–H groups in total. The van der Waals surface area contributed by atoms with Gasteiger partial charge < -0.3 is 89.9 Å².